The van der Waals surface area contributed by atoms with Gasteiger partial charge < -0.3 is 15.2 Å². The molecule has 2 N–H and O–H groups in total. The normalized spacial score (nSPS) is 13.8. The standard InChI is InChI=1S/C17H21NO2/c1-12(14-8-4-6-10-16(14)19)18-13(2)15-9-5-7-11-17(15)20-3/h4-13,18-19H,1-3H3/t12?,13-/m0/s1. The number of methoxy groups -OCH3 is 1. The largest absolute Gasteiger partial charge is 0.508 e. The third-order valence-corrected chi connectivity index (χ3v) is 3.51. The SMILES string of the molecule is COc1ccccc1[C@H](C)NC(C)c1ccccc1O. The van der Waals surface area contributed by atoms with Gasteiger partial charge in [-0.1, -0.05) is 36.4 Å². The number of phenols is 1. The highest BCUT2D eigenvalue weighted by atomic mass is 16.5. The monoisotopic (exact) mass is 271 g/mol. The Balaban J connectivity index is 2.15. The molecular weight excluding hydrogens is 250 g/mol. The molecule has 0 saturated carbocycles. The summed E-state index contributed by atoms with van der Waals surface area (Å²) in [6.45, 7) is 4.13. The number of nitrogens with one attached hydrogen (secondary N) is 1. The van der Waals surface area contributed by atoms with Crippen LogP contribution < -0.4 is 10.1 Å². The predicted molar refractivity (Wildman–Crippen MR) is 81.1 cm³/mol. The Morgan fingerprint density at radius 1 is 0.900 bits per heavy atom. The molecule has 1 unspecified atom stereocenters. The number of hydrogen-bond donors (Lipinski definition) is 2. The van der Waals surface area contributed by atoms with Gasteiger partial charge in [0.1, 0.15) is 11.5 Å². The zero-order valence-electron chi connectivity index (χ0n) is 12.1. The molecule has 3 heteroatoms. The van der Waals surface area contributed by atoms with E-state index in [1.807, 2.05) is 49.4 Å². The summed E-state index contributed by atoms with van der Waals surface area (Å²) in [6, 6.07) is 15.5. The average Bonchev–Trinajstić information content (AvgIpc) is 2.47. The van der Waals surface area contributed by atoms with Crippen molar-refractivity contribution in [1.82, 2.24) is 5.32 Å². The van der Waals surface area contributed by atoms with Crippen LogP contribution in [0.15, 0.2) is 48.5 Å². The molecular formula is C17H21NO2. The van der Waals surface area contributed by atoms with Gasteiger partial charge in [0.15, 0.2) is 0 Å². The van der Waals surface area contributed by atoms with Crippen molar-refractivity contribution >= 4 is 0 Å². The summed E-state index contributed by atoms with van der Waals surface area (Å²) in [6.07, 6.45) is 0. The van der Waals surface area contributed by atoms with E-state index in [1.54, 1.807) is 13.2 Å². The zero-order chi connectivity index (χ0) is 14.5. The molecule has 0 aliphatic heterocycles. The van der Waals surface area contributed by atoms with Crippen LogP contribution in [0, 0.1) is 0 Å². The van der Waals surface area contributed by atoms with Crippen LogP contribution in [0.1, 0.15) is 37.1 Å². The van der Waals surface area contributed by atoms with Gasteiger partial charge >= 0.3 is 0 Å². The van der Waals surface area contributed by atoms with Crippen LogP contribution >= 0.6 is 0 Å². The van der Waals surface area contributed by atoms with Crippen molar-refractivity contribution in [1.29, 1.82) is 0 Å². The fourth-order valence-corrected chi connectivity index (χ4v) is 2.43. The summed E-state index contributed by atoms with van der Waals surface area (Å²) in [5, 5.41) is 13.4. The number of para-hydroxylation sites is 2. The quantitative estimate of drug-likeness (QED) is 0.868. The van der Waals surface area contributed by atoms with E-state index in [0.717, 1.165) is 16.9 Å². The van der Waals surface area contributed by atoms with E-state index < -0.39 is 0 Å². The van der Waals surface area contributed by atoms with Crippen molar-refractivity contribution < 1.29 is 9.84 Å². The zero-order valence-corrected chi connectivity index (χ0v) is 12.1. The first-order valence-corrected chi connectivity index (χ1v) is 6.80. The van der Waals surface area contributed by atoms with Crippen molar-refractivity contribution in [3.8, 4) is 11.5 Å². The Bertz CT molecular complexity index is 568. The number of aromatic hydroxyl groups is 1. The highest BCUT2D eigenvalue weighted by molar-refractivity contribution is 5.37. The number of phenolic OH excluding ortho intramolecular Hbond substituents is 1. The highest BCUT2D eigenvalue weighted by Gasteiger charge is 2.16. The fourth-order valence-electron chi connectivity index (χ4n) is 2.43. The molecule has 2 aromatic rings. The lowest BCUT2D eigenvalue weighted by molar-refractivity contribution is 0.394. The van der Waals surface area contributed by atoms with E-state index in [1.165, 1.54) is 0 Å². The van der Waals surface area contributed by atoms with E-state index in [2.05, 4.69) is 12.2 Å². The summed E-state index contributed by atoms with van der Waals surface area (Å²) in [7, 11) is 1.68. The fraction of sp³-hybridized carbons (Fsp3) is 0.294. The molecule has 0 fully saturated rings. The maximum atomic E-state index is 9.90. The van der Waals surface area contributed by atoms with Crippen molar-refractivity contribution in [2.45, 2.75) is 25.9 Å². The second-order valence-corrected chi connectivity index (χ2v) is 4.91. The Morgan fingerprint density at radius 2 is 1.45 bits per heavy atom. The molecule has 0 saturated heterocycles. The second kappa shape index (κ2) is 6.44. The Kier molecular flexibility index (Phi) is 4.64. The summed E-state index contributed by atoms with van der Waals surface area (Å²) < 4.78 is 5.39. The molecule has 0 heterocycles. The van der Waals surface area contributed by atoms with Crippen molar-refractivity contribution in [2.24, 2.45) is 0 Å². The Labute approximate surface area is 120 Å². The van der Waals surface area contributed by atoms with Gasteiger partial charge in [0, 0.05) is 23.2 Å². The maximum absolute atomic E-state index is 9.90. The summed E-state index contributed by atoms with van der Waals surface area (Å²) in [5.41, 5.74) is 2.01. The van der Waals surface area contributed by atoms with Gasteiger partial charge in [0.05, 0.1) is 7.11 Å². The van der Waals surface area contributed by atoms with Crippen molar-refractivity contribution in [2.75, 3.05) is 7.11 Å². The minimum atomic E-state index is 0.0520. The number of benzene rings is 2. The first-order valence-electron chi connectivity index (χ1n) is 6.80. The molecule has 2 rings (SSSR count). The van der Waals surface area contributed by atoms with Gasteiger partial charge in [0.2, 0.25) is 0 Å². The molecule has 2 aromatic carbocycles. The lowest BCUT2D eigenvalue weighted by Gasteiger charge is -2.22. The van der Waals surface area contributed by atoms with Crippen molar-refractivity contribution in [3.63, 3.8) is 0 Å². The first-order chi connectivity index (χ1) is 9.63. The van der Waals surface area contributed by atoms with Crippen LogP contribution in [0.25, 0.3) is 0 Å². The van der Waals surface area contributed by atoms with Crippen molar-refractivity contribution in [3.05, 3.63) is 59.7 Å². The molecule has 0 aliphatic rings. The molecule has 0 aliphatic carbocycles. The minimum absolute atomic E-state index is 0.0520. The third kappa shape index (κ3) is 3.11. The lowest BCUT2D eigenvalue weighted by Crippen LogP contribution is -2.23. The molecule has 3 nitrogen and oxygen atoms in total. The third-order valence-electron chi connectivity index (χ3n) is 3.51. The van der Waals surface area contributed by atoms with E-state index in [0.29, 0.717) is 5.75 Å². The van der Waals surface area contributed by atoms with Crippen LogP contribution in [0.4, 0.5) is 0 Å². The summed E-state index contributed by atoms with van der Waals surface area (Å²) in [5.74, 6) is 1.19. The van der Waals surface area contributed by atoms with E-state index in [9.17, 15) is 5.11 Å². The van der Waals surface area contributed by atoms with Gasteiger partial charge in [0.25, 0.3) is 0 Å². The predicted octanol–water partition coefficient (Wildman–Crippen LogP) is 3.81. The summed E-state index contributed by atoms with van der Waals surface area (Å²) in [4.78, 5) is 0. The number of hydrogen-bond acceptors (Lipinski definition) is 3. The second-order valence-electron chi connectivity index (χ2n) is 4.91. The molecule has 2 atom stereocenters. The van der Waals surface area contributed by atoms with Crippen LogP contribution in [-0.4, -0.2) is 12.2 Å². The van der Waals surface area contributed by atoms with Gasteiger partial charge in [-0.2, -0.15) is 0 Å². The first kappa shape index (κ1) is 14.4. The minimum Gasteiger partial charge on any atom is -0.508 e. The average molecular weight is 271 g/mol. The van der Waals surface area contributed by atoms with Crippen LogP contribution in [0.2, 0.25) is 0 Å². The molecule has 0 amide bonds. The molecule has 0 radical (unpaired) electrons. The van der Waals surface area contributed by atoms with E-state index in [-0.39, 0.29) is 12.1 Å². The van der Waals surface area contributed by atoms with Crippen LogP contribution in [-0.2, 0) is 0 Å². The highest BCUT2D eigenvalue weighted by Crippen LogP contribution is 2.29. The Morgan fingerprint density at radius 3 is 2.10 bits per heavy atom. The molecule has 106 valence electrons. The van der Waals surface area contributed by atoms with Crippen LogP contribution in [0.5, 0.6) is 11.5 Å². The van der Waals surface area contributed by atoms with E-state index >= 15 is 0 Å². The summed E-state index contributed by atoms with van der Waals surface area (Å²) >= 11 is 0. The maximum Gasteiger partial charge on any atom is 0.123 e. The number of ether oxygens (including phenoxy) is 1. The van der Waals surface area contributed by atoms with Gasteiger partial charge in [-0.25, -0.2) is 0 Å². The molecule has 0 spiro atoms. The van der Waals surface area contributed by atoms with E-state index in [4.69, 9.17) is 4.74 Å². The van der Waals surface area contributed by atoms with Gasteiger partial charge in [-0.3, -0.25) is 0 Å². The number of rotatable bonds is 5. The molecule has 0 aromatic heterocycles. The smallest absolute Gasteiger partial charge is 0.123 e. The topological polar surface area (TPSA) is 41.5 Å². The molecule has 20 heavy (non-hydrogen) atoms. The lowest BCUT2D eigenvalue weighted by atomic mass is 10.0. The van der Waals surface area contributed by atoms with Crippen LogP contribution in [0.3, 0.4) is 0 Å². The van der Waals surface area contributed by atoms with Gasteiger partial charge in [-0.05, 0) is 26.0 Å². The molecule has 0 bridgehead atoms. The van der Waals surface area contributed by atoms with Gasteiger partial charge in [-0.15, -0.1) is 0 Å². The Hall–Kier alpha value is -2.00.